The first-order chi connectivity index (χ1) is 21.6. The summed E-state index contributed by atoms with van der Waals surface area (Å²) in [5, 5.41) is 3.75. The molecule has 3 aromatic rings. The van der Waals surface area contributed by atoms with Crippen LogP contribution in [0.5, 0.6) is 0 Å². The van der Waals surface area contributed by atoms with Crippen LogP contribution in [0.15, 0.2) is 67.0 Å². The minimum Gasteiger partial charge on any atom is -0.445 e. The van der Waals surface area contributed by atoms with Gasteiger partial charge in [-0.3, -0.25) is 9.69 Å². The monoisotopic (exact) mass is 616 g/mol. The first-order valence-corrected chi connectivity index (χ1v) is 15.8. The number of nitrogens with one attached hydrogen (secondary N) is 2. The molecule has 6 rings (SSSR count). The van der Waals surface area contributed by atoms with Crippen molar-refractivity contribution in [1.82, 2.24) is 20.1 Å². The smallest absolute Gasteiger partial charge is 0.410 e. The van der Waals surface area contributed by atoms with Crippen LogP contribution in [0.1, 0.15) is 69.9 Å². The number of H-pyrrole nitrogens is 1. The van der Waals surface area contributed by atoms with Gasteiger partial charge in [-0.15, -0.1) is 0 Å². The molecule has 3 heterocycles. The van der Waals surface area contributed by atoms with E-state index in [9.17, 15) is 18.8 Å². The molecule has 0 spiro atoms. The van der Waals surface area contributed by atoms with Crippen molar-refractivity contribution >= 4 is 29.0 Å². The lowest BCUT2D eigenvalue weighted by atomic mass is 9.83. The lowest BCUT2D eigenvalue weighted by Crippen LogP contribution is -2.55. The first kappa shape index (κ1) is 30.7. The maximum Gasteiger partial charge on any atom is 0.410 e. The number of aromatic amines is 1. The topological polar surface area (TPSA) is 104 Å². The summed E-state index contributed by atoms with van der Waals surface area (Å²) < 4.78 is 25.4. The molecule has 0 radical (unpaired) electrons. The Hall–Kier alpha value is -4.34. The number of rotatable bonds is 6. The van der Waals surface area contributed by atoms with E-state index < -0.39 is 35.9 Å². The average Bonchev–Trinajstić information content (AvgIpc) is 3.73. The molecule has 4 atom stereocenters. The number of ether oxygens (including phenoxy) is 2. The van der Waals surface area contributed by atoms with Gasteiger partial charge in [0, 0.05) is 35.8 Å². The number of nitrogens with zero attached hydrogens (tertiary/aromatic N) is 2. The molecule has 3 aliphatic rings. The van der Waals surface area contributed by atoms with Gasteiger partial charge in [-0.25, -0.2) is 14.0 Å². The number of hydrogen-bond donors (Lipinski definition) is 2. The number of likely N-dealkylation sites (tertiary alicyclic amines) is 1. The van der Waals surface area contributed by atoms with E-state index in [0.29, 0.717) is 12.1 Å². The van der Waals surface area contributed by atoms with Crippen molar-refractivity contribution < 1.29 is 28.2 Å². The number of aromatic nitrogens is 1. The van der Waals surface area contributed by atoms with E-state index in [1.165, 1.54) is 12.1 Å². The van der Waals surface area contributed by atoms with Gasteiger partial charge in [0.1, 0.15) is 24.1 Å². The van der Waals surface area contributed by atoms with E-state index in [0.717, 1.165) is 48.6 Å². The molecular weight excluding hydrogens is 575 g/mol. The molecule has 4 unspecified atom stereocenters. The van der Waals surface area contributed by atoms with Gasteiger partial charge >= 0.3 is 12.2 Å². The molecule has 2 N–H and O–H groups in total. The van der Waals surface area contributed by atoms with Crippen molar-refractivity contribution in [1.29, 1.82) is 0 Å². The summed E-state index contributed by atoms with van der Waals surface area (Å²) in [5.41, 5.74) is 1.69. The third-order valence-electron chi connectivity index (χ3n) is 9.11. The second kappa shape index (κ2) is 12.6. The summed E-state index contributed by atoms with van der Waals surface area (Å²) in [4.78, 5) is 47.6. The van der Waals surface area contributed by atoms with Gasteiger partial charge in [0.2, 0.25) is 5.91 Å². The van der Waals surface area contributed by atoms with Gasteiger partial charge in [-0.05, 0) is 74.9 Å². The number of hydrogen-bond acceptors (Lipinski definition) is 5. The van der Waals surface area contributed by atoms with Crippen LogP contribution >= 0.6 is 0 Å². The Labute approximate surface area is 262 Å². The SMILES string of the molecule is CC(C)(C)OC(=O)NC(C(=O)N1C=CC2C1C(c1c[nH]c3cc(F)ccc13)CN2C(=O)OCc1ccccc1)C1CCCCC1. The molecule has 2 aromatic carbocycles. The van der Waals surface area contributed by atoms with Crippen LogP contribution in [-0.2, 0) is 20.9 Å². The summed E-state index contributed by atoms with van der Waals surface area (Å²) >= 11 is 0. The van der Waals surface area contributed by atoms with Gasteiger partial charge in [0.25, 0.3) is 0 Å². The number of fused-ring (bicyclic) bond motifs is 2. The van der Waals surface area contributed by atoms with Gasteiger partial charge in [0.05, 0.1) is 12.1 Å². The molecular formula is C35H41FN4O5. The molecule has 1 saturated carbocycles. The minimum absolute atomic E-state index is 0.0333. The molecule has 1 saturated heterocycles. The van der Waals surface area contributed by atoms with Crippen molar-refractivity contribution in [3.8, 4) is 0 Å². The van der Waals surface area contributed by atoms with Crippen LogP contribution in [0, 0.1) is 11.7 Å². The molecule has 1 aromatic heterocycles. The third kappa shape index (κ3) is 6.55. The highest BCUT2D eigenvalue weighted by atomic mass is 19.1. The largest absolute Gasteiger partial charge is 0.445 e. The molecule has 2 fully saturated rings. The van der Waals surface area contributed by atoms with E-state index >= 15 is 0 Å². The average molecular weight is 617 g/mol. The number of carbonyl (C=O) groups excluding carboxylic acids is 3. The van der Waals surface area contributed by atoms with Crippen LogP contribution in [-0.4, -0.2) is 63.1 Å². The Kier molecular flexibility index (Phi) is 8.57. The van der Waals surface area contributed by atoms with Crippen LogP contribution in [0.25, 0.3) is 10.9 Å². The lowest BCUT2D eigenvalue weighted by molar-refractivity contribution is -0.134. The molecule has 0 bridgehead atoms. The van der Waals surface area contributed by atoms with Gasteiger partial charge in [0.15, 0.2) is 0 Å². The number of benzene rings is 2. The maximum atomic E-state index is 14.5. The zero-order valence-electron chi connectivity index (χ0n) is 26.0. The highest BCUT2D eigenvalue weighted by molar-refractivity contribution is 5.89. The van der Waals surface area contributed by atoms with Crippen molar-refractivity contribution in [2.75, 3.05) is 6.54 Å². The molecule has 238 valence electrons. The van der Waals surface area contributed by atoms with Gasteiger partial charge in [-0.2, -0.15) is 0 Å². The Morgan fingerprint density at radius 1 is 1.07 bits per heavy atom. The molecule has 1 aliphatic carbocycles. The first-order valence-electron chi connectivity index (χ1n) is 15.8. The van der Waals surface area contributed by atoms with Crippen molar-refractivity contribution in [2.45, 2.75) is 89.1 Å². The number of amides is 3. The van der Waals surface area contributed by atoms with Crippen LogP contribution < -0.4 is 5.32 Å². The maximum absolute atomic E-state index is 14.5. The number of halogens is 1. The minimum atomic E-state index is -0.777. The Bertz CT molecular complexity index is 1580. The highest BCUT2D eigenvalue weighted by Gasteiger charge is 2.52. The van der Waals surface area contributed by atoms with Gasteiger partial charge in [-0.1, -0.05) is 49.6 Å². The van der Waals surface area contributed by atoms with Crippen molar-refractivity contribution in [2.24, 2.45) is 5.92 Å². The molecule has 2 aliphatic heterocycles. The summed E-state index contributed by atoms with van der Waals surface area (Å²) in [6.07, 6.45) is 9.07. The predicted molar refractivity (Wildman–Crippen MR) is 168 cm³/mol. The quantitative estimate of drug-likeness (QED) is 0.325. The van der Waals surface area contributed by atoms with E-state index in [1.54, 1.807) is 42.8 Å². The molecule has 10 heteroatoms. The second-order valence-electron chi connectivity index (χ2n) is 13.3. The lowest BCUT2D eigenvalue weighted by Gasteiger charge is -2.36. The Morgan fingerprint density at radius 3 is 2.56 bits per heavy atom. The Balaban J connectivity index is 1.31. The van der Waals surface area contributed by atoms with Gasteiger partial charge < -0.3 is 24.7 Å². The summed E-state index contributed by atoms with van der Waals surface area (Å²) in [6, 6.07) is 12.4. The summed E-state index contributed by atoms with van der Waals surface area (Å²) in [5.74, 6) is -0.916. The van der Waals surface area contributed by atoms with E-state index in [4.69, 9.17) is 9.47 Å². The zero-order chi connectivity index (χ0) is 31.7. The molecule has 3 amide bonds. The fourth-order valence-electron chi connectivity index (χ4n) is 7.09. The second-order valence-corrected chi connectivity index (χ2v) is 13.3. The highest BCUT2D eigenvalue weighted by Crippen LogP contribution is 2.43. The van der Waals surface area contributed by atoms with E-state index in [2.05, 4.69) is 10.3 Å². The van der Waals surface area contributed by atoms with Crippen LogP contribution in [0.3, 0.4) is 0 Å². The molecule has 9 nitrogen and oxygen atoms in total. The zero-order valence-corrected chi connectivity index (χ0v) is 26.0. The molecule has 45 heavy (non-hydrogen) atoms. The van der Waals surface area contributed by atoms with Crippen LogP contribution in [0.2, 0.25) is 0 Å². The predicted octanol–water partition coefficient (Wildman–Crippen LogP) is 6.61. The van der Waals surface area contributed by atoms with E-state index in [-0.39, 0.29) is 30.2 Å². The van der Waals surface area contributed by atoms with Crippen LogP contribution in [0.4, 0.5) is 14.0 Å². The number of carbonyl (C=O) groups is 3. The van der Waals surface area contributed by atoms with Crippen molar-refractivity contribution in [3.63, 3.8) is 0 Å². The third-order valence-corrected chi connectivity index (χ3v) is 9.11. The normalized spacial score (nSPS) is 22.4. The standard InChI is InChI=1S/C35H41FN4O5/c1-35(2,3)45-33(42)38-30(23-12-8-5-9-13-23)32(41)39-17-16-29-31(39)27(26-19-37-28-18-24(36)14-15-25(26)28)20-40(29)34(43)44-21-22-10-6-4-7-11-22/h4,6-7,10-11,14-19,23,27,29-31,37H,5,8-9,12-13,20-21H2,1-3H3,(H,38,42). The number of alkyl carbamates (subject to hydrolysis) is 1. The van der Waals surface area contributed by atoms with E-state index in [1.807, 2.05) is 42.6 Å². The summed E-state index contributed by atoms with van der Waals surface area (Å²) in [7, 11) is 0. The Morgan fingerprint density at radius 2 is 1.82 bits per heavy atom. The summed E-state index contributed by atoms with van der Waals surface area (Å²) in [6.45, 7) is 5.80. The van der Waals surface area contributed by atoms with Crippen molar-refractivity contribution in [3.05, 3.63) is 83.9 Å². The fourth-order valence-corrected chi connectivity index (χ4v) is 7.09. The fraction of sp³-hybridized carbons (Fsp3) is 0.457.